The molecule has 1 aliphatic carbocycles. The first kappa shape index (κ1) is 26.6. The van der Waals surface area contributed by atoms with Crippen LogP contribution < -0.4 is 24.4 Å². The van der Waals surface area contributed by atoms with Crippen LogP contribution in [0.4, 0.5) is 5.69 Å². The molecule has 1 saturated carbocycles. The van der Waals surface area contributed by atoms with Crippen LogP contribution in [0.25, 0.3) is 0 Å². The van der Waals surface area contributed by atoms with Crippen molar-refractivity contribution < 1.29 is 23.8 Å². The summed E-state index contributed by atoms with van der Waals surface area (Å²) in [6.07, 6.45) is 4.08. The number of benzene rings is 3. The molecule has 7 nitrogen and oxygen atoms in total. The summed E-state index contributed by atoms with van der Waals surface area (Å²) in [5, 5.41) is 3.25. The Morgan fingerprint density at radius 3 is 2.38 bits per heavy atom. The molecule has 2 aliphatic rings. The largest absolute Gasteiger partial charge is 0.494 e. The minimum Gasteiger partial charge on any atom is -0.494 e. The molecule has 1 N–H and O–H groups in total. The molecule has 7 heteroatoms. The van der Waals surface area contributed by atoms with E-state index in [9.17, 15) is 9.59 Å². The maximum absolute atomic E-state index is 14.4. The molecule has 3 aromatic carbocycles. The third kappa shape index (κ3) is 5.87. The van der Waals surface area contributed by atoms with Gasteiger partial charge in [-0.1, -0.05) is 37.1 Å². The van der Waals surface area contributed by atoms with Gasteiger partial charge in [-0.15, -0.1) is 0 Å². The molecule has 3 aromatic rings. The molecule has 0 bridgehead atoms. The van der Waals surface area contributed by atoms with E-state index >= 15 is 0 Å². The number of hydrogen-bond acceptors (Lipinski definition) is 5. The topological polar surface area (TPSA) is 77.1 Å². The molecule has 5 rings (SSSR count). The Balaban J connectivity index is 1.62. The van der Waals surface area contributed by atoms with Gasteiger partial charge >= 0.3 is 0 Å². The van der Waals surface area contributed by atoms with Gasteiger partial charge < -0.3 is 19.5 Å². The van der Waals surface area contributed by atoms with Crippen molar-refractivity contribution in [2.24, 2.45) is 0 Å². The molecule has 1 aliphatic heterocycles. The molecule has 204 valence electrons. The number of amides is 2. The van der Waals surface area contributed by atoms with Crippen LogP contribution in [0.2, 0.25) is 0 Å². The highest BCUT2D eigenvalue weighted by atomic mass is 16.6. The summed E-state index contributed by atoms with van der Waals surface area (Å²) >= 11 is 0. The smallest absolute Gasteiger partial charge is 0.259 e. The zero-order valence-corrected chi connectivity index (χ0v) is 22.9. The first-order valence-electron chi connectivity index (χ1n) is 13.8. The second-order valence-corrected chi connectivity index (χ2v) is 10.2. The molecule has 1 fully saturated rings. The van der Waals surface area contributed by atoms with Crippen LogP contribution in [0.3, 0.4) is 0 Å². The van der Waals surface area contributed by atoms with E-state index in [0.717, 1.165) is 36.8 Å². The number of anilines is 1. The van der Waals surface area contributed by atoms with Gasteiger partial charge in [-0.2, -0.15) is 0 Å². The molecule has 1 unspecified atom stereocenters. The first-order chi connectivity index (χ1) is 18.9. The summed E-state index contributed by atoms with van der Waals surface area (Å²) in [4.78, 5) is 30.2. The second-order valence-electron chi connectivity index (χ2n) is 10.2. The summed E-state index contributed by atoms with van der Waals surface area (Å²) in [7, 11) is 0. The van der Waals surface area contributed by atoms with Crippen molar-refractivity contribution in [3.8, 4) is 17.2 Å². The number of rotatable bonds is 8. The number of fused-ring (bicyclic) bond motifs is 1. The number of carbonyl (C=O) groups is 2. The third-order valence-electron chi connectivity index (χ3n) is 7.35. The quantitative estimate of drug-likeness (QED) is 0.393. The Bertz CT molecular complexity index is 1330. The van der Waals surface area contributed by atoms with Gasteiger partial charge in [0.25, 0.3) is 5.91 Å². The van der Waals surface area contributed by atoms with Crippen molar-refractivity contribution in [3.63, 3.8) is 0 Å². The zero-order chi connectivity index (χ0) is 27.4. The summed E-state index contributed by atoms with van der Waals surface area (Å²) < 4.78 is 17.1. The Morgan fingerprint density at radius 1 is 0.949 bits per heavy atom. The van der Waals surface area contributed by atoms with E-state index in [2.05, 4.69) is 5.32 Å². The molecular formula is C32H36N2O5. The number of aryl methyl sites for hydroxylation is 2. The van der Waals surface area contributed by atoms with Gasteiger partial charge in [0.1, 0.15) is 25.0 Å². The van der Waals surface area contributed by atoms with Crippen LogP contribution in [0.15, 0.2) is 60.7 Å². The van der Waals surface area contributed by atoms with Gasteiger partial charge in [0.2, 0.25) is 5.91 Å². The highest BCUT2D eigenvalue weighted by Gasteiger charge is 2.36. The molecule has 1 atom stereocenters. The van der Waals surface area contributed by atoms with E-state index in [-0.39, 0.29) is 17.9 Å². The van der Waals surface area contributed by atoms with E-state index in [0.29, 0.717) is 53.9 Å². The number of carbonyl (C=O) groups excluding carboxylic acids is 2. The van der Waals surface area contributed by atoms with Crippen molar-refractivity contribution in [2.75, 3.05) is 24.7 Å². The first-order valence-corrected chi connectivity index (χ1v) is 13.8. The highest BCUT2D eigenvalue weighted by Crippen LogP contribution is 2.36. The monoisotopic (exact) mass is 528 g/mol. The van der Waals surface area contributed by atoms with Crippen molar-refractivity contribution in [2.45, 2.75) is 58.5 Å². The van der Waals surface area contributed by atoms with Crippen LogP contribution in [0.5, 0.6) is 17.2 Å². The lowest BCUT2D eigenvalue weighted by Gasteiger charge is -2.34. The van der Waals surface area contributed by atoms with Crippen LogP contribution in [0.1, 0.15) is 65.7 Å². The second kappa shape index (κ2) is 11.8. The van der Waals surface area contributed by atoms with Crippen LogP contribution in [-0.4, -0.2) is 37.7 Å². The lowest BCUT2D eigenvalue weighted by Crippen LogP contribution is -2.46. The fraction of sp³-hybridized carbons (Fsp3) is 0.375. The van der Waals surface area contributed by atoms with Gasteiger partial charge in [-0.25, -0.2) is 0 Å². The fourth-order valence-electron chi connectivity index (χ4n) is 5.34. The van der Waals surface area contributed by atoms with Crippen LogP contribution in [0, 0.1) is 13.8 Å². The van der Waals surface area contributed by atoms with Gasteiger partial charge in [0.15, 0.2) is 11.5 Å². The number of ether oxygens (including phenoxy) is 3. The maximum atomic E-state index is 14.4. The normalized spacial score (nSPS) is 15.5. The average molecular weight is 529 g/mol. The molecule has 0 aromatic heterocycles. The summed E-state index contributed by atoms with van der Waals surface area (Å²) in [6, 6.07) is 17.8. The van der Waals surface area contributed by atoms with E-state index in [1.165, 1.54) is 0 Å². The SMILES string of the molecule is CCOc1ccc(C(C(=O)NC2CCCC2)N(C(=O)c2ccc3c(c2)OCCO3)c2cc(C)ccc2C)cc1. The summed E-state index contributed by atoms with van der Waals surface area (Å²) in [6.45, 7) is 7.31. The molecule has 0 saturated heterocycles. The molecule has 0 spiro atoms. The number of nitrogens with one attached hydrogen (secondary N) is 1. The number of nitrogens with zero attached hydrogens (tertiary/aromatic N) is 1. The van der Waals surface area contributed by atoms with Crippen molar-refractivity contribution >= 4 is 17.5 Å². The average Bonchev–Trinajstić information content (AvgIpc) is 3.46. The summed E-state index contributed by atoms with van der Waals surface area (Å²) in [5.41, 5.74) is 3.72. The van der Waals surface area contributed by atoms with Crippen molar-refractivity contribution in [1.29, 1.82) is 0 Å². The van der Waals surface area contributed by atoms with Crippen molar-refractivity contribution in [1.82, 2.24) is 5.32 Å². The van der Waals surface area contributed by atoms with E-state index in [4.69, 9.17) is 14.2 Å². The zero-order valence-electron chi connectivity index (χ0n) is 22.9. The van der Waals surface area contributed by atoms with Gasteiger partial charge in [-0.3, -0.25) is 14.5 Å². The fourth-order valence-corrected chi connectivity index (χ4v) is 5.34. The van der Waals surface area contributed by atoms with Gasteiger partial charge in [0.05, 0.1) is 6.61 Å². The lowest BCUT2D eigenvalue weighted by molar-refractivity contribution is -0.123. The van der Waals surface area contributed by atoms with E-state index in [1.807, 2.05) is 63.2 Å². The summed E-state index contributed by atoms with van der Waals surface area (Å²) in [5.74, 6) is 1.37. The third-order valence-corrected chi connectivity index (χ3v) is 7.35. The van der Waals surface area contributed by atoms with E-state index in [1.54, 1.807) is 23.1 Å². The molecule has 2 amide bonds. The maximum Gasteiger partial charge on any atom is 0.259 e. The molecule has 39 heavy (non-hydrogen) atoms. The standard InChI is InChI=1S/C32H36N2O5/c1-4-37-26-14-11-23(12-15-26)30(31(35)33-25-7-5-6-8-25)34(27-19-21(2)9-10-22(27)3)32(36)24-13-16-28-29(20-24)39-18-17-38-28/h9-16,19-20,25,30H,4-8,17-18H2,1-3H3,(H,33,35). The Kier molecular flexibility index (Phi) is 8.05. The lowest BCUT2D eigenvalue weighted by atomic mass is 9.99. The van der Waals surface area contributed by atoms with Gasteiger partial charge in [0, 0.05) is 17.3 Å². The molecule has 1 heterocycles. The molecule has 0 radical (unpaired) electrons. The van der Waals surface area contributed by atoms with Crippen molar-refractivity contribution in [3.05, 3.63) is 82.9 Å². The highest BCUT2D eigenvalue weighted by molar-refractivity contribution is 6.10. The van der Waals surface area contributed by atoms with Crippen LogP contribution in [-0.2, 0) is 4.79 Å². The van der Waals surface area contributed by atoms with Crippen LogP contribution >= 0.6 is 0 Å². The van der Waals surface area contributed by atoms with Gasteiger partial charge in [-0.05, 0) is 86.7 Å². The van der Waals surface area contributed by atoms with E-state index < -0.39 is 6.04 Å². The number of hydrogen-bond donors (Lipinski definition) is 1. The predicted octanol–water partition coefficient (Wildman–Crippen LogP) is 5.92. The molecular weight excluding hydrogens is 492 g/mol. The Labute approximate surface area is 230 Å². The predicted molar refractivity (Wildman–Crippen MR) is 151 cm³/mol. The minimum absolute atomic E-state index is 0.104. The minimum atomic E-state index is -0.887. The Hall–Kier alpha value is -4.00. The Morgan fingerprint density at radius 2 is 1.67 bits per heavy atom.